The lowest BCUT2D eigenvalue weighted by molar-refractivity contribution is -0.117. The number of hydrogen-bond acceptors (Lipinski definition) is 3. The van der Waals surface area contributed by atoms with Crippen LogP contribution in [0.1, 0.15) is 30.9 Å². The number of halogens is 1. The molecule has 0 bridgehead atoms. The Labute approximate surface area is 188 Å². The first kappa shape index (κ1) is 23.0. The normalized spacial score (nSPS) is 12.5. The summed E-state index contributed by atoms with van der Waals surface area (Å²) in [6, 6.07) is 21.6. The number of amides is 1. The molecule has 0 aliphatic heterocycles. The third-order valence-electron chi connectivity index (χ3n) is 4.87. The van der Waals surface area contributed by atoms with Crippen molar-refractivity contribution in [2.45, 2.75) is 37.1 Å². The monoisotopic (exact) mass is 456 g/mol. The Hall–Kier alpha value is -2.67. The smallest absolute Gasteiger partial charge is 0.242 e. The molecule has 3 rings (SSSR count). The Morgan fingerprint density at radius 1 is 0.903 bits per heavy atom. The number of nitrogens with one attached hydrogen (secondary N) is 2. The summed E-state index contributed by atoms with van der Waals surface area (Å²) in [4.78, 5) is 13.1. The zero-order valence-corrected chi connectivity index (χ0v) is 19.0. The summed E-state index contributed by atoms with van der Waals surface area (Å²) in [6.45, 7) is 4.18. The van der Waals surface area contributed by atoms with Gasteiger partial charge in [0.15, 0.2) is 0 Å². The van der Waals surface area contributed by atoms with Crippen LogP contribution in [0.4, 0.5) is 5.69 Å². The Balaban J connectivity index is 1.83. The molecule has 0 aliphatic carbocycles. The number of anilines is 1. The molecule has 5 nitrogen and oxygen atoms in total. The molecule has 7 heteroatoms. The van der Waals surface area contributed by atoms with Crippen LogP contribution in [-0.4, -0.2) is 20.4 Å². The van der Waals surface area contributed by atoms with Crippen molar-refractivity contribution in [3.8, 4) is 0 Å². The molecule has 0 saturated carbocycles. The fourth-order valence-corrected chi connectivity index (χ4v) is 4.41. The number of benzene rings is 3. The molecule has 1 unspecified atom stereocenters. The van der Waals surface area contributed by atoms with Gasteiger partial charge < -0.3 is 5.32 Å². The summed E-state index contributed by atoms with van der Waals surface area (Å²) in [7, 11) is -3.92. The lowest BCUT2D eigenvalue weighted by Gasteiger charge is -2.19. The van der Waals surface area contributed by atoms with E-state index in [-0.39, 0.29) is 11.3 Å². The van der Waals surface area contributed by atoms with Gasteiger partial charge in [-0.1, -0.05) is 67.9 Å². The third-order valence-corrected chi connectivity index (χ3v) is 6.60. The SMILES string of the molecule is CC(C)c1ccc(NC(=O)C(Cc2ccccc2)NS(=O)(=O)c2ccc(Cl)cc2)cc1. The molecule has 0 fully saturated rings. The van der Waals surface area contributed by atoms with Crippen LogP contribution in [-0.2, 0) is 21.2 Å². The second kappa shape index (κ2) is 10.1. The first-order valence-corrected chi connectivity index (χ1v) is 11.8. The highest BCUT2D eigenvalue weighted by Gasteiger charge is 2.26. The summed E-state index contributed by atoms with van der Waals surface area (Å²) in [5.74, 6) is -0.0551. The molecule has 0 radical (unpaired) electrons. The van der Waals surface area contributed by atoms with Crippen molar-refractivity contribution >= 4 is 33.2 Å². The van der Waals surface area contributed by atoms with E-state index < -0.39 is 22.0 Å². The number of rotatable bonds is 8. The van der Waals surface area contributed by atoms with Crippen molar-refractivity contribution in [3.05, 3.63) is 95.0 Å². The number of carbonyl (C=O) groups is 1. The quantitative estimate of drug-likeness (QED) is 0.501. The Kier molecular flexibility index (Phi) is 7.49. The molecule has 31 heavy (non-hydrogen) atoms. The van der Waals surface area contributed by atoms with E-state index in [2.05, 4.69) is 23.9 Å². The van der Waals surface area contributed by atoms with E-state index in [9.17, 15) is 13.2 Å². The van der Waals surface area contributed by atoms with Gasteiger partial charge in [-0.05, 0) is 59.9 Å². The van der Waals surface area contributed by atoms with Crippen LogP contribution in [0.5, 0.6) is 0 Å². The molecule has 0 heterocycles. The van der Waals surface area contributed by atoms with Gasteiger partial charge >= 0.3 is 0 Å². The predicted molar refractivity (Wildman–Crippen MR) is 125 cm³/mol. The van der Waals surface area contributed by atoms with Crippen molar-refractivity contribution in [2.75, 3.05) is 5.32 Å². The van der Waals surface area contributed by atoms with Crippen LogP contribution in [0, 0.1) is 0 Å². The number of carbonyl (C=O) groups excluding carboxylic acids is 1. The first-order valence-electron chi connectivity index (χ1n) is 9.97. The minimum absolute atomic E-state index is 0.0454. The summed E-state index contributed by atoms with van der Waals surface area (Å²) in [5.41, 5.74) is 2.61. The molecule has 0 aromatic heterocycles. The van der Waals surface area contributed by atoms with E-state index >= 15 is 0 Å². The maximum absolute atomic E-state index is 13.0. The first-order chi connectivity index (χ1) is 14.7. The van der Waals surface area contributed by atoms with Crippen LogP contribution in [0.25, 0.3) is 0 Å². The molecule has 0 aliphatic rings. The lowest BCUT2D eigenvalue weighted by atomic mass is 10.0. The van der Waals surface area contributed by atoms with Crippen LogP contribution in [0.2, 0.25) is 5.02 Å². The van der Waals surface area contributed by atoms with Gasteiger partial charge in [-0.3, -0.25) is 4.79 Å². The highest BCUT2D eigenvalue weighted by Crippen LogP contribution is 2.19. The van der Waals surface area contributed by atoms with E-state index in [1.165, 1.54) is 24.3 Å². The lowest BCUT2D eigenvalue weighted by Crippen LogP contribution is -2.45. The van der Waals surface area contributed by atoms with Crippen molar-refractivity contribution < 1.29 is 13.2 Å². The summed E-state index contributed by atoms with van der Waals surface area (Å²) in [5, 5.41) is 3.26. The van der Waals surface area contributed by atoms with E-state index in [1.807, 2.05) is 54.6 Å². The van der Waals surface area contributed by atoms with Crippen LogP contribution < -0.4 is 10.0 Å². The topological polar surface area (TPSA) is 75.3 Å². The van der Waals surface area contributed by atoms with Gasteiger partial charge in [0.25, 0.3) is 0 Å². The van der Waals surface area contributed by atoms with Crippen molar-refractivity contribution in [1.29, 1.82) is 0 Å². The Morgan fingerprint density at radius 2 is 1.52 bits per heavy atom. The Bertz CT molecular complexity index is 1110. The fraction of sp³-hybridized carbons (Fsp3) is 0.208. The second-order valence-corrected chi connectivity index (χ2v) is 9.73. The highest BCUT2D eigenvalue weighted by molar-refractivity contribution is 7.89. The molecule has 1 amide bonds. The van der Waals surface area contributed by atoms with Gasteiger partial charge in [0.05, 0.1) is 4.90 Å². The zero-order valence-electron chi connectivity index (χ0n) is 17.4. The van der Waals surface area contributed by atoms with E-state index in [1.54, 1.807) is 0 Å². The fourth-order valence-electron chi connectivity index (χ4n) is 3.09. The predicted octanol–water partition coefficient (Wildman–Crippen LogP) is 4.99. The largest absolute Gasteiger partial charge is 0.325 e. The summed E-state index contributed by atoms with van der Waals surface area (Å²) in [6.07, 6.45) is 0.212. The standard InChI is InChI=1S/C24H25ClN2O3S/c1-17(2)19-8-12-21(13-9-19)26-24(28)23(16-18-6-4-3-5-7-18)27-31(29,30)22-14-10-20(25)11-15-22/h3-15,17,23,27H,16H2,1-2H3,(H,26,28). The summed E-state index contributed by atoms with van der Waals surface area (Å²) < 4.78 is 28.3. The Morgan fingerprint density at radius 3 is 2.10 bits per heavy atom. The molecular weight excluding hydrogens is 432 g/mol. The van der Waals surface area contributed by atoms with E-state index in [4.69, 9.17) is 11.6 Å². The average Bonchev–Trinajstić information content (AvgIpc) is 2.74. The average molecular weight is 457 g/mol. The minimum atomic E-state index is -3.92. The van der Waals surface area contributed by atoms with Crippen LogP contribution >= 0.6 is 11.6 Å². The molecule has 0 spiro atoms. The number of hydrogen-bond donors (Lipinski definition) is 2. The molecular formula is C24H25ClN2O3S. The molecule has 3 aromatic carbocycles. The number of sulfonamides is 1. The van der Waals surface area contributed by atoms with Gasteiger partial charge in [-0.25, -0.2) is 8.42 Å². The van der Waals surface area contributed by atoms with Gasteiger partial charge in [0, 0.05) is 10.7 Å². The van der Waals surface area contributed by atoms with Gasteiger partial charge in [0.1, 0.15) is 6.04 Å². The highest BCUT2D eigenvalue weighted by atomic mass is 35.5. The summed E-state index contributed by atoms with van der Waals surface area (Å²) >= 11 is 5.87. The second-order valence-electron chi connectivity index (χ2n) is 7.58. The molecule has 0 saturated heterocycles. The van der Waals surface area contributed by atoms with Crippen molar-refractivity contribution in [1.82, 2.24) is 4.72 Å². The van der Waals surface area contributed by atoms with Crippen molar-refractivity contribution in [2.24, 2.45) is 0 Å². The van der Waals surface area contributed by atoms with Gasteiger partial charge in [-0.15, -0.1) is 0 Å². The van der Waals surface area contributed by atoms with Crippen LogP contribution in [0.3, 0.4) is 0 Å². The third kappa shape index (κ3) is 6.40. The maximum Gasteiger partial charge on any atom is 0.242 e. The van der Waals surface area contributed by atoms with Crippen molar-refractivity contribution in [3.63, 3.8) is 0 Å². The van der Waals surface area contributed by atoms with Gasteiger partial charge in [-0.2, -0.15) is 4.72 Å². The molecule has 2 N–H and O–H groups in total. The molecule has 3 aromatic rings. The van der Waals surface area contributed by atoms with E-state index in [0.717, 1.165) is 11.1 Å². The molecule has 162 valence electrons. The minimum Gasteiger partial charge on any atom is -0.325 e. The van der Waals surface area contributed by atoms with Gasteiger partial charge in [0.2, 0.25) is 15.9 Å². The van der Waals surface area contributed by atoms with Crippen LogP contribution in [0.15, 0.2) is 83.8 Å². The maximum atomic E-state index is 13.0. The molecule has 1 atom stereocenters. The van der Waals surface area contributed by atoms with E-state index in [0.29, 0.717) is 16.6 Å². The zero-order chi connectivity index (χ0) is 22.4.